The Morgan fingerprint density at radius 2 is 1.97 bits per heavy atom. The lowest BCUT2D eigenvalue weighted by Crippen LogP contribution is -2.11. The molecular formula is C27H25N3O4S. The quantitative estimate of drug-likeness (QED) is 0.313. The highest BCUT2D eigenvalue weighted by Gasteiger charge is 2.25. The largest absolute Gasteiger partial charge is 0.487 e. The van der Waals surface area contributed by atoms with Crippen LogP contribution in [0.3, 0.4) is 0 Å². The maximum absolute atomic E-state index is 12.0. The Hall–Kier alpha value is -3.75. The standard InChI is InChI=1S/C27H25N3O4S/c1-16-21(22(13-24(32)33)19-10-18-8-9-35-27(18)20(11-19)14-31)12-23(26-25(16)28-29-30(26)2)34-15-17-6-4-3-5-7-17/h3-12,22,31H,13-15H2,1-2H3,(H,32,33). The number of aryl methyl sites for hydroxylation is 2. The Bertz CT molecular complexity index is 1520. The molecule has 0 fully saturated rings. The third-order valence-electron chi connectivity index (χ3n) is 6.35. The molecule has 8 heteroatoms. The minimum absolute atomic E-state index is 0.106. The molecule has 7 nitrogen and oxygen atoms in total. The van der Waals surface area contributed by atoms with Gasteiger partial charge in [0.1, 0.15) is 23.4 Å². The van der Waals surface area contributed by atoms with Crippen LogP contribution >= 0.6 is 11.3 Å². The first-order valence-corrected chi connectivity index (χ1v) is 12.2. The number of hydrogen-bond donors (Lipinski definition) is 2. The second kappa shape index (κ2) is 9.48. The Kier molecular flexibility index (Phi) is 6.23. The van der Waals surface area contributed by atoms with Gasteiger partial charge in [-0.2, -0.15) is 0 Å². The van der Waals surface area contributed by atoms with Gasteiger partial charge in [-0.05, 0) is 63.7 Å². The van der Waals surface area contributed by atoms with Crippen LogP contribution in [0.15, 0.2) is 60.0 Å². The molecule has 1 atom stereocenters. The number of rotatable bonds is 8. The van der Waals surface area contributed by atoms with Gasteiger partial charge in [0, 0.05) is 17.7 Å². The fourth-order valence-electron chi connectivity index (χ4n) is 4.63. The average Bonchev–Trinajstić information content (AvgIpc) is 3.49. The monoisotopic (exact) mass is 487 g/mol. The van der Waals surface area contributed by atoms with Gasteiger partial charge in [-0.25, -0.2) is 4.68 Å². The molecular weight excluding hydrogens is 462 g/mol. The molecule has 0 bridgehead atoms. The van der Waals surface area contributed by atoms with Gasteiger partial charge >= 0.3 is 5.97 Å². The van der Waals surface area contributed by atoms with Crippen molar-refractivity contribution in [1.82, 2.24) is 15.0 Å². The molecule has 0 aliphatic heterocycles. The molecule has 0 radical (unpaired) electrons. The van der Waals surface area contributed by atoms with Crippen LogP contribution in [-0.4, -0.2) is 31.2 Å². The van der Waals surface area contributed by atoms with Crippen molar-refractivity contribution in [2.24, 2.45) is 7.05 Å². The molecule has 35 heavy (non-hydrogen) atoms. The first-order chi connectivity index (χ1) is 17.0. The van der Waals surface area contributed by atoms with E-state index in [0.29, 0.717) is 17.9 Å². The summed E-state index contributed by atoms with van der Waals surface area (Å²) in [6.07, 6.45) is -0.106. The zero-order valence-electron chi connectivity index (χ0n) is 19.4. The number of aromatic nitrogens is 3. The molecule has 178 valence electrons. The topological polar surface area (TPSA) is 97.5 Å². The number of ether oxygens (including phenoxy) is 1. The number of carbonyl (C=O) groups is 1. The maximum atomic E-state index is 12.0. The summed E-state index contributed by atoms with van der Waals surface area (Å²) >= 11 is 1.57. The first-order valence-electron chi connectivity index (χ1n) is 11.3. The second-order valence-corrected chi connectivity index (χ2v) is 9.52. The van der Waals surface area contributed by atoms with Crippen molar-refractivity contribution in [2.75, 3.05) is 0 Å². The summed E-state index contributed by atoms with van der Waals surface area (Å²) in [5.74, 6) is -0.754. The fourth-order valence-corrected chi connectivity index (χ4v) is 5.52. The molecule has 2 heterocycles. The molecule has 0 amide bonds. The molecule has 0 saturated carbocycles. The summed E-state index contributed by atoms with van der Waals surface area (Å²) in [5.41, 5.74) is 5.78. The number of aliphatic hydroxyl groups is 1. The number of thiophene rings is 1. The second-order valence-electron chi connectivity index (χ2n) is 8.60. The van der Waals surface area contributed by atoms with Crippen LogP contribution < -0.4 is 4.74 Å². The van der Waals surface area contributed by atoms with E-state index < -0.39 is 11.9 Å². The molecule has 2 N–H and O–H groups in total. The third-order valence-corrected chi connectivity index (χ3v) is 7.36. The molecule has 0 aliphatic carbocycles. The lowest BCUT2D eigenvalue weighted by molar-refractivity contribution is -0.137. The van der Waals surface area contributed by atoms with Gasteiger partial charge in [-0.3, -0.25) is 4.79 Å². The van der Waals surface area contributed by atoms with Crippen LogP contribution in [0.2, 0.25) is 0 Å². The van der Waals surface area contributed by atoms with Crippen molar-refractivity contribution in [3.05, 3.63) is 87.8 Å². The van der Waals surface area contributed by atoms with Gasteiger partial charge in [0.2, 0.25) is 0 Å². The third kappa shape index (κ3) is 4.38. The molecule has 0 saturated heterocycles. The van der Waals surface area contributed by atoms with Crippen LogP contribution in [0.5, 0.6) is 5.75 Å². The fraction of sp³-hybridized carbons (Fsp3) is 0.222. The Morgan fingerprint density at radius 3 is 2.71 bits per heavy atom. The number of hydrogen-bond acceptors (Lipinski definition) is 6. The van der Waals surface area contributed by atoms with Gasteiger partial charge in [0.15, 0.2) is 0 Å². The molecule has 5 rings (SSSR count). The lowest BCUT2D eigenvalue weighted by Gasteiger charge is -2.21. The molecule has 0 spiro atoms. The Balaban J connectivity index is 1.66. The van der Waals surface area contributed by atoms with Crippen molar-refractivity contribution < 1.29 is 19.7 Å². The van der Waals surface area contributed by atoms with E-state index in [0.717, 1.165) is 43.4 Å². The van der Waals surface area contributed by atoms with E-state index >= 15 is 0 Å². The smallest absolute Gasteiger partial charge is 0.304 e. The summed E-state index contributed by atoms with van der Waals surface area (Å²) in [6, 6.07) is 17.7. The lowest BCUT2D eigenvalue weighted by atomic mass is 9.84. The van der Waals surface area contributed by atoms with Crippen LogP contribution in [0.4, 0.5) is 0 Å². The zero-order chi connectivity index (χ0) is 24.5. The number of benzene rings is 3. The highest BCUT2D eigenvalue weighted by atomic mass is 32.1. The van der Waals surface area contributed by atoms with Crippen LogP contribution in [0.1, 0.15) is 40.2 Å². The van der Waals surface area contributed by atoms with Crippen molar-refractivity contribution in [3.63, 3.8) is 0 Å². The highest BCUT2D eigenvalue weighted by molar-refractivity contribution is 7.17. The average molecular weight is 488 g/mol. The van der Waals surface area contributed by atoms with E-state index in [2.05, 4.69) is 10.3 Å². The minimum Gasteiger partial charge on any atom is -0.487 e. The number of aliphatic carboxylic acids is 1. The normalized spacial score (nSPS) is 12.3. The SMILES string of the molecule is Cc1c(C(CC(=O)O)c2cc(CO)c3sccc3c2)cc(OCc2ccccc2)c2c1nnn2C. The van der Waals surface area contributed by atoms with Crippen molar-refractivity contribution >= 4 is 38.4 Å². The summed E-state index contributed by atoms with van der Waals surface area (Å²) in [7, 11) is 1.82. The first kappa shape index (κ1) is 23.0. The molecule has 3 aromatic carbocycles. The predicted octanol–water partition coefficient (Wildman–Crippen LogP) is 5.17. The van der Waals surface area contributed by atoms with Gasteiger partial charge < -0.3 is 14.9 Å². The number of fused-ring (bicyclic) bond motifs is 2. The molecule has 0 aliphatic rings. The number of carboxylic acids is 1. The Labute approximate surface area is 206 Å². The van der Waals surface area contributed by atoms with E-state index in [1.54, 1.807) is 16.0 Å². The van der Waals surface area contributed by atoms with E-state index in [1.165, 1.54) is 0 Å². The number of aliphatic hydroxyl groups excluding tert-OH is 1. The predicted molar refractivity (Wildman–Crippen MR) is 136 cm³/mol. The van der Waals surface area contributed by atoms with Crippen molar-refractivity contribution in [1.29, 1.82) is 0 Å². The summed E-state index contributed by atoms with van der Waals surface area (Å²) in [5, 5.41) is 31.4. The van der Waals surface area contributed by atoms with E-state index in [4.69, 9.17) is 4.74 Å². The van der Waals surface area contributed by atoms with Gasteiger partial charge in [0.25, 0.3) is 0 Å². The number of carboxylic acid groups (broad SMARTS) is 1. The van der Waals surface area contributed by atoms with E-state index in [-0.39, 0.29) is 13.0 Å². The minimum atomic E-state index is -0.906. The molecule has 1 unspecified atom stereocenters. The Morgan fingerprint density at radius 1 is 1.17 bits per heavy atom. The van der Waals surface area contributed by atoms with Crippen LogP contribution in [0, 0.1) is 6.92 Å². The zero-order valence-corrected chi connectivity index (χ0v) is 20.2. The van der Waals surface area contributed by atoms with E-state index in [1.807, 2.05) is 73.9 Å². The van der Waals surface area contributed by atoms with Gasteiger partial charge in [-0.15, -0.1) is 16.4 Å². The summed E-state index contributed by atoms with van der Waals surface area (Å²) < 4.78 is 8.94. The van der Waals surface area contributed by atoms with Crippen LogP contribution in [-0.2, 0) is 25.1 Å². The van der Waals surface area contributed by atoms with E-state index in [9.17, 15) is 15.0 Å². The van der Waals surface area contributed by atoms with Gasteiger partial charge in [-0.1, -0.05) is 41.6 Å². The van der Waals surface area contributed by atoms with Crippen molar-refractivity contribution in [2.45, 2.75) is 32.5 Å². The number of nitrogens with zero attached hydrogens (tertiary/aromatic N) is 3. The summed E-state index contributed by atoms with van der Waals surface area (Å²) in [4.78, 5) is 12.0. The van der Waals surface area contributed by atoms with Crippen LogP contribution in [0.25, 0.3) is 21.1 Å². The maximum Gasteiger partial charge on any atom is 0.304 e. The molecule has 2 aromatic heterocycles. The van der Waals surface area contributed by atoms with Crippen molar-refractivity contribution in [3.8, 4) is 5.75 Å². The highest BCUT2D eigenvalue weighted by Crippen LogP contribution is 2.40. The van der Waals surface area contributed by atoms with Gasteiger partial charge in [0.05, 0.1) is 13.0 Å². The molecule has 5 aromatic rings. The summed E-state index contributed by atoms with van der Waals surface area (Å²) in [6.45, 7) is 2.19.